The van der Waals surface area contributed by atoms with Gasteiger partial charge in [-0.25, -0.2) is 0 Å². The number of anilines is 1. The zero-order valence-electron chi connectivity index (χ0n) is 11.7. The molecule has 21 heavy (non-hydrogen) atoms. The molecule has 0 aliphatic carbocycles. The number of hydrogen-bond acceptors (Lipinski definition) is 5. The van der Waals surface area contributed by atoms with E-state index < -0.39 is 4.92 Å². The third-order valence-corrected chi connectivity index (χ3v) is 3.14. The maximum Gasteiger partial charge on any atom is 0.271 e. The van der Waals surface area contributed by atoms with Crippen LogP contribution in [-0.2, 0) is 9.59 Å². The molecule has 8 heteroatoms. The van der Waals surface area contributed by atoms with Gasteiger partial charge in [-0.3, -0.25) is 19.7 Å². The molecule has 0 saturated heterocycles. The number of non-ortho nitro benzene ring substituents is 1. The van der Waals surface area contributed by atoms with E-state index in [0.29, 0.717) is 11.4 Å². The van der Waals surface area contributed by atoms with Crippen molar-refractivity contribution >= 4 is 23.2 Å². The lowest BCUT2D eigenvalue weighted by molar-refractivity contribution is -0.384. The third-order valence-electron chi connectivity index (χ3n) is 3.14. The van der Waals surface area contributed by atoms with Crippen molar-refractivity contribution in [1.29, 1.82) is 0 Å². The highest BCUT2D eigenvalue weighted by molar-refractivity contribution is 5.98. The first kappa shape index (κ1) is 14.8. The van der Waals surface area contributed by atoms with E-state index in [1.807, 2.05) is 0 Å². The maximum absolute atomic E-state index is 11.9. The number of ether oxygens (including phenoxy) is 1. The normalized spacial score (nSPS) is 13.4. The molecule has 112 valence electrons. The molecule has 1 heterocycles. The van der Waals surface area contributed by atoms with Gasteiger partial charge in [0.05, 0.1) is 10.6 Å². The van der Waals surface area contributed by atoms with E-state index in [0.717, 1.165) is 0 Å². The monoisotopic (exact) mass is 293 g/mol. The molecule has 0 N–H and O–H groups in total. The van der Waals surface area contributed by atoms with Gasteiger partial charge in [0.25, 0.3) is 11.6 Å². The van der Waals surface area contributed by atoms with E-state index in [2.05, 4.69) is 0 Å². The van der Waals surface area contributed by atoms with Gasteiger partial charge in [0.1, 0.15) is 5.75 Å². The van der Waals surface area contributed by atoms with E-state index in [4.69, 9.17) is 4.74 Å². The Morgan fingerprint density at radius 1 is 1.48 bits per heavy atom. The third kappa shape index (κ3) is 3.10. The smallest absolute Gasteiger partial charge is 0.271 e. The van der Waals surface area contributed by atoms with Crippen molar-refractivity contribution in [2.24, 2.45) is 0 Å². The highest BCUT2D eigenvalue weighted by atomic mass is 16.6. The molecular weight excluding hydrogens is 278 g/mol. The largest absolute Gasteiger partial charge is 0.482 e. The first-order valence-corrected chi connectivity index (χ1v) is 6.32. The van der Waals surface area contributed by atoms with Crippen LogP contribution >= 0.6 is 0 Å². The second-order valence-electron chi connectivity index (χ2n) is 4.78. The summed E-state index contributed by atoms with van der Waals surface area (Å²) in [4.78, 5) is 36.6. The van der Waals surface area contributed by atoms with E-state index in [-0.39, 0.29) is 37.1 Å². The molecule has 0 aromatic heterocycles. The Hall–Kier alpha value is -2.64. The molecule has 1 aromatic carbocycles. The van der Waals surface area contributed by atoms with Gasteiger partial charge in [0.15, 0.2) is 6.61 Å². The molecule has 2 amide bonds. The summed E-state index contributed by atoms with van der Waals surface area (Å²) in [5.41, 5.74) is 0.197. The fourth-order valence-corrected chi connectivity index (χ4v) is 1.98. The number of nitro groups is 1. The molecular formula is C13H15N3O5. The van der Waals surface area contributed by atoms with Crippen LogP contribution < -0.4 is 9.64 Å². The van der Waals surface area contributed by atoms with Crippen molar-refractivity contribution in [3.63, 3.8) is 0 Å². The van der Waals surface area contributed by atoms with Crippen LogP contribution in [0.4, 0.5) is 11.4 Å². The molecule has 0 fully saturated rings. The van der Waals surface area contributed by atoms with Crippen LogP contribution in [0.25, 0.3) is 0 Å². The fourth-order valence-electron chi connectivity index (χ4n) is 1.98. The molecule has 0 radical (unpaired) electrons. The zero-order chi connectivity index (χ0) is 15.6. The minimum absolute atomic E-state index is 0.124. The van der Waals surface area contributed by atoms with Crippen molar-refractivity contribution in [1.82, 2.24) is 4.90 Å². The number of fused-ring (bicyclic) bond motifs is 1. The lowest BCUT2D eigenvalue weighted by Gasteiger charge is -2.29. The summed E-state index contributed by atoms with van der Waals surface area (Å²) in [5.74, 6) is -0.0478. The minimum Gasteiger partial charge on any atom is -0.482 e. The van der Waals surface area contributed by atoms with Crippen molar-refractivity contribution < 1.29 is 19.2 Å². The second kappa shape index (κ2) is 5.78. The van der Waals surface area contributed by atoms with Gasteiger partial charge in [-0.1, -0.05) is 0 Å². The molecule has 8 nitrogen and oxygen atoms in total. The molecule has 1 aliphatic rings. The van der Waals surface area contributed by atoms with Gasteiger partial charge in [-0.2, -0.15) is 0 Å². The summed E-state index contributed by atoms with van der Waals surface area (Å²) < 4.78 is 5.25. The minimum atomic E-state index is -0.539. The number of carbonyl (C=O) groups excluding carboxylic acids is 2. The number of hydrogen-bond donors (Lipinski definition) is 0. The second-order valence-corrected chi connectivity index (χ2v) is 4.78. The average molecular weight is 293 g/mol. The quantitative estimate of drug-likeness (QED) is 0.604. The van der Waals surface area contributed by atoms with Crippen molar-refractivity contribution in [2.45, 2.75) is 6.42 Å². The number of nitrogens with zero attached hydrogens (tertiary/aromatic N) is 3. The number of benzene rings is 1. The molecule has 1 aromatic rings. The number of carbonyl (C=O) groups is 2. The predicted octanol–water partition coefficient (Wildman–Crippen LogP) is 0.798. The Kier molecular flexibility index (Phi) is 4.06. The molecule has 0 spiro atoms. The van der Waals surface area contributed by atoms with Crippen LogP contribution in [0.3, 0.4) is 0 Å². The highest BCUT2D eigenvalue weighted by Crippen LogP contribution is 2.35. The summed E-state index contributed by atoms with van der Waals surface area (Å²) in [6.07, 6.45) is 0.140. The van der Waals surface area contributed by atoms with Gasteiger partial charge >= 0.3 is 0 Å². The summed E-state index contributed by atoms with van der Waals surface area (Å²) in [5, 5.41) is 10.8. The standard InChI is InChI=1S/C13H15N3O5/c1-14(2)12(17)5-6-15-10-7-9(16(19)20)3-4-11(10)21-8-13(15)18/h3-4,7H,5-6,8H2,1-2H3. The van der Waals surface area contributed by atoms with Crippen LogP contribution in [0.15, 0.2) is 18.2 Å². The van der Waals surface area contributed by atoms with Gasteiger partial charge in [0, 0.05) is 39.2 Å². The van der Waals surface area contributed by atoms with Gasteiger partial charge < -0.3 is 14.5 Å². The predicted molar refractivity (Wildman–Crippen MR) is 74.3 cm³/mol. The van der Waals surface area contributed by atoms with E-state index >= 15 is 0 Å². The zero-order valence-corrected chi connectivity index (χ0v) is 11.7. The van der Waals surface area contributed by atoms with Crippen molar-refractivity contribution in [2.75, 3.05) is 32.1 Å². The maximum atomic E-state index is 11.9. The Bertz CT molecular complexity index is 599. The fraction of sp³-hybridized carbons (Fsp3) is 0.385. The molecule has 1 aliphatic heterocycles. The van der Waals surface area contributed by atoms with Crippen LogP contribution in [0.2, 0.25) is 0 Å². The van der Waals surface area contributed by atoms with Crippen LogP contribution in [0.5, 0.6) is 5.75 Å². The first-order valence-electron chi connectivity index (χ1n) is 6.32. The molecule has 2 rings (SSSR count). The van der Waals surface area contributed by atoms with Gasteiger partial charge in [-0.15, -0.1) is 0 Å². The first-order chi connectivity index (χ1) is 9.90. The Labute approximate surface area is 121 Å². The molecule has 0 bridgehead atoms. The van der Waals surface area contributed by atoms with Crippen molar-refractivity contribution in [3.05, 3.63) is 28.3 Å². The molecule has 0 atom stereocenters. The van der Waals surface area contributed by atoms with Crippen LogP contribution in [0.1, 0.15) is 6.42 Å². The van der Waals surface area contributed by atoms with Crippen LogP contribution in [-0.4, -0.2) is 48.9 Å². The average Bonchev–Trinajstić information content (AvgIpc) is 2.45. The summed E-state index contributed by atoms with van der Waals surface area (Å²) in [6, 6.07) is 4.06. The lowest BCUT2D eigenvalue weighted by Crippen LogP contribution is -2.41. The number of rotatable bonds is 4. The van der Waals surface area contributed by atoms with Gasteiger partial charge in [-0.05, 0) is 6.07 Å². The highest BCUT2D eigenvalue weighted by Gasteiger charge is 2.27. The Morgan fingerprint density at radius 3 is 2.81 bits per heavy atom. The Balaban J connectivity index is 2.26. The molecule has 0 saturated carbocycles. The summed E-state index contributed by atoms with van der Waals surface area (Å²) >= 11 is 0. The topological polar surface area (TPSA) is 93.0 Å². The summed E-state index contributed by atoms with van der Waals surface area (Å²) in [6.45, 7) is 0.0222. The van der Waals surface area contributed by atoms with E-state index in [1.165, 1.54) is 28.0 Å². The van der Waals surface area contributed by atoms with Crippen LogP contribution in [0, 0.1) is 10.1 Å². The number of nitro benzene ring substituents is 1. The number of amides is 2. The van der Waals surface area contributed by atoms with Gasteiger partial charge in [0.2, 0.25) is 5.91 Å². The Morgan fingerprint density at radius 2 is 2.19 bits per heavy atom. The van der Waals surface area contributed by atoms with E-state index in [1.54, 1.807) is 14.1 Å². The molecule has 0 unspecified atom stereocenters. The van der Waals surface area contributed by atoms with E-state index in [9.17, 15) is 19.7 Å². The SMILES string of the molecule is CN(C)C(=O)CCN1C(=O)COc2ccc([N+](=O)[O-])cc21. The lowest BCUT2D eigenvalue weighted by atomic mass is 10.2. The summed E-state index contributed by atoms with van der Waals surface area (Å²) in [7, 11) is 3.25. The van der Waals surface area contributed by atoms with Crippen molar-refractivity contribution in [3.8, 4) is 5.75 Å².